The lowest BCUT2D eigenvalue weighted by Crippen LogP contribution is -2.41. The number of carbonyl (C=O) groups excluding carboxylic acids is 1. The highest BCUT2D eigenvalue weighted by Crippen LogP contribution is 2.36. The molecule has 0 aliphatic carbocycles. The molecule has 1 aromatic rings. The van der Waals surface area contributed by atoms with Crippen LogP contribution in [-0.4, -0.2) is 31.4 Å². The summed E-state index contributed by atoms with van der Waals surface area (Å²) in [6.45, 7) is 9.64. The van der Waals surface area contributed by atoms with Crippen LogP contribution in [-0.2, 0) is 25.3 Å². The zero-order valence-corrected chi connectivity index (χ0v) is 14.0. The molecular weight excluding hydrogens is 286 g/mol. The number of esters is 1. The van der Waals surface area contributed by atoms with E-state index in [9.17, 15) is 9.18 Å². The summed E-state index contributed by atoms with van der Waals surface area (Å²) in [5.41, 5.74) is 0.810. The lowest BCUT2D eigenvalue weighted by Gasteiger charge is -2.32. The summed E-state index contributed by atoms with van der Waals surface area (Å²) in [6, 6.07) is 3.03. The van der Waals surface area contributed by atoms with E-state index in [1.54, 1.807) is 6.07 Å². The standard InChI is InChI=1S/C16H22BFO4/c1-10-7-11(8-14(19)20-6)13(18)9-12(10)17-21-15(2,3)16(4,5)22-17/h7,9H,8H2,1-6H3. The molecular formula is C16H22BFO4. The van der Waals surface area contributed by atoms with Crippen LogP contribution >= 0.6 is 0 Å². The molecule has 22 heavy (non-hydrogen) atoms. The van der Waals surface area contributed by atoms with Crippen molar-refractivity contribution in [3.63, 3.8) is 0 Å². The Morgan fingerprint density at radius 2 is 1.77 bits per heavy atom. The number of hydrogen-bond acceptors (Lipinski definition) is 4. The summed E-state index contributed by atoms with van der Waals surface area (Å²) in [5, 5.41) is 0. The smallest absolute Gasteiger partial charge is 0.469 e. The van der Waals surface area contributed by atoms with Crippen LogP contribution in [0.15, 0.2) is 12.1 Å². The Kier molecular flexibility index (Phi) is 4.37. The molecule has 1 aliphatic rings. The van der Waals surface area contributed by atoms with Crippen LogP contribution in [0.2, 0.25) is 0 Å². The predicted octanol–water partition coefficient (Wildman–Crippen LogP) is 2.15. The van der Waals surface area contributed by atoms with Crippen molar-refractivity contribution in [2.45, 2.75) is 52.2 Å². The van der Waals surface area contributed by atoms with Gasteiger partial charge in [0.15, 0.2) is 0 Å². The second-order valence-electron chi connectivity index (χ2n) is 6.64. The van der Waals surface area contributed by atoms with Crippen molar-refractivity contribution in [3.8, 4) is 0 Å². The fourth-order valence-electron chi connectivity index (χ4n) is 2.34. The minimum absolute atomic E-state index is 0.0905. The average Bonchev–Trinajstić information content (AvgIpc) is 2.62. The van der Waals surface area contributed by atoms with E-state index in [-0.39, 0.29) is 6.42 Å². The number of ether oxygens (including phenoxy) is 1. The first-order valence-corrected chi connectivity index (χ1v) is 7.29. The fourth-order valence-corrected chi connectivity index (χ4v) is 2.34. The molecule has 0 saturated carbocycles. The molecule has 120 valence electrons. The van der Waals surface area contributed by atoms with Crippen molar-refractivity contribution in [2.24, 2.45) is 0 Å². The van der Waals surface area contributed by atoms with E-state index in [1.807, 2.05) is 34.6 Å². The first-order valence-electron chi connectivity index (χ1n) is 7.29. The molecule has 0 aromatic heterocycles. The van der Waals surface area contributed by atoms with E-state index < -0.39 is 30.1 Å². The largest absolute Gasteiger partial charge is 0.495 e. The highest BCUT2D eigenvalue weighted by atomic mass is 19.1. The Hall–Kier alpha value is -1.40. The SMILES string of the molecule is COC(=O)Cc1cc(C)c(B2OC(C)(C)C(C)(C)O2)cc1F. The molecule has 1 fully saturated rings. The molecule has 0 bridgehead atoms. The summed E-state index contributed by atoms with van der Waals surface area (Å²) < 4.78 is 30.7. The highest BCUT2D eigenvalue weighted by Gasteiger charge is 2.52. The van der Waals surface area contributed by atoms with Gasteiger partial charge in [0.1, 0.15) is 5.82 Å². The van der Waals surface area contributed by atoms with E-state index in [4.69, 9.17) is 9.31 Å². The number of carbonyl (C=O) groups is 1. The van der Waals surface area contributed by atoms with Gasteiger partial charge in [-0.05, 0) is 51.7 Å². The van der Waals surface area contributed by atoms with Crippen LogP contribution in [0.25, 0.3) is 0 Å². The van der Waals surface area contributed by atoms with Gasteiger partial charge in [-0.1, -0.05) is 11.6 Å². The molecule has 0 N–H and O–H groups in total. The molecule has 1 heterocycles. The van der Waals surface area contributed by atoms with E-state index in [1.165, 1.54) is 13.2 Å². The Morgan fingerprint density at radius 1 is 1.23 bits per heavy atom. The third kappa shape index (κ3) is 3.03. The van der Waals surface area contributed by atoms with Gasteiger partial charge in [0.25, 0.3) is 0 Å². The quantitative estimate of drug-likeness (QED) is 0.634. The first-order chi connectivity index (χ1) is 10.1. The van der Waals surface area contributed by atoms with Gasteiger partial charge < -0.3 is 14.0 Å². The summed E-state index contributed by atoms with van der Waals surface area (Å²) in [4.78, 5) is 11.3. The molecule has 0 unspecified atom stereocenters. The predicted molar refractivity (Wildman–Crippen MR) is 82.6 cm³/mol. The number of aryl methyl sites for hydroxylation is 1. The maximum Gasteiger partial charge on any atom is 0.495 e. The van der Waals surface area contributed by atoms with E-state index >= 15 is 0 Å². The molecule has 0 radical (unpaired) electrons. The Bertz CT molecular complexity index is 582. The summed E-state index contributed by atoms with van der Waals surface area (Å²) in [6.07, 6.45) is -0.0905. The van der Waals surface area contributed by atoms with Crippen molar-refractivity contribution < 1.29 is 23.2 Å². The minimum atomic E-state index is -0.619. The molecule has 1 aromatic carbocycles. The Morgan fingerprint density at radius 3 is 2.27 bits per heavy atom. The number of rotatable bonds is 3. The maximum absolute atomic E-state index is 14.2. The Balaban J connectivity index is 2.31. The minimum Gasteiger partial charge on any atom is -0.469 e. The van der Waals surface area contributed by atoms with Gasteiger partial charge in [0, 0.05) is 0 Å². The number of halogens is 1. The van der Waals surface area contributed by atoms with E-state index in [0.717, 1.165) is 5.56 Å². The van der Waals surface area contributed by atoms with Crippen LogP contribution < -0.4 is 5.46 Å². The van der Waals surface area contributed by atoms with Crippen LogP contribution in [0, 0.1) is 12.7 Å². The number of benzene rings is 1. The van der Waals surface area contributed by atoms with Gasteiger partial charge in [0.05, 0.1) is 24.7 Å². The molecule has 0 atom stereocenters. The summed E-state index contributed by atoms with van der Waals surface area (Å²) >= 11 is 0. The number of methoxy groups -OCH3 is 1. The van der Waals surface area contributed by atoms with E-state index in [2.05, 4.69) is 4.74 Å². The van der Waals surface area contributed by atoms with E-state index in [0.29, 0.717) is 11.0 Å². The second kappa shape index (κ2) is 5.67. The lowest BCUT2D eigenvalue weighted by atomic mass is 9.75. The summed E-state index contributed by atoms with van der Waals surface area (Å²) in [7, 11) is 0.665. The number of hydrogen-bond donors (Lipinski definition) is 0. The molecule has 4 nitrogen and oxygen atoms in total. The Labute approximate surface area is 131 Å². The topological polar surface area (TPSA) is 44.8 Å². The first kappa shape index (κ1) is 17.0. The van der Waals surface area contributed by atoms with Gasteiger partial charge in [-0.3, -0.25) is 4.79 Å². The molecule has 0 spiro atoms. The fraction of sp³-hybridized carbons (Fsp3) is 0.562. The molecule has 2 rings (SSSR count). The van der Waals surface area contributed by atoms with Crippen LogP contribution in [0.5, 0.6) is 0 Å². The van der Waals surface area contributed by atoms with Crippen molar-refractivity contribution in [1.82, 2.24) is 0 Å². The van der Waals surface area contributed by atoms with Crippen LogP contribution in [0.1, 0.15) is 38.8 Å². The summed E-state index contributed by atoms with van der Waals surface area (Å²) in [5.74, 6) is -0.928. The highest BCUT2D eigenvalue weighted by molar-refractivity contribution is 6.62. The van der Waals surface area contributed by atoms with Gasteiger partial charge in [-0.2, -0.15) is 0 Å². The zero-order chi connectivity index (χ0) is 16.7. The van der Waals surface area contributed by atoms with Gasteiger partial charge in [0.2, 0.25) is 0 Å². The van der Waals surface area contributed by atoms with Crippen LogP contribution in [0.3, 0.4) is 0 Å². The average molecular weight is 308 g/mol. The second-order valence-corrected chi connectivity index (χ2v) is 6.64. The van der Waals surface area contributed by atoms with Crippen molar-refractivity contribution in [2.75, 3.05) is 7.11 Å². The molecule has 1 saturated heterocycles. The third-order valence-corrected chi connectivity index (χ3v) is 4.50. The molecule has 0 amide bonds. The van der Waals surface area contributed by atoms with Crippen LogP contribution in [0.4, 0.5) is 4.39 Å². The maximum atomic E-state index is 14.2. The van der Waals surface area contributed by atoms with Gasteiger partial charge in [-0.15, -0.1) is 0 Å². The third-order valence-electron chi connectivity index (χ3n) is 4.50. The zero-order valence-electron chi connectivity index (χ0n) is 14.0. The van der Waals surface area contributed by atoms with Crippen molar-refractivity contribution in [1.29, 1.82) is 0 Å². The monoisotopic (exact) mass is 308 g/mol. The van der Waals surface area contributed by atoms with Gasteiger partial charge >= 0.3 is 13.1 Å². The molecule has 1 aliphatic heterocycles. The molecule has 6 heteroatoms. The van der Waals surface area contributed by atoms with Crippen molar-refractivity contribution >= 4 is 18.6 Å². The van der Waals surface area contributed by atoms with Crippen molar-refractivity contribution in [3.05, 3.63) is 29.1 Å². The van der Waals surface area contributed by atoms with Gasteiger partial charge in [-0.25, -0.2) is 4.39 Å². The lowest BCUT2D eigenvalue weighted by molar-refractivity contribution is -0.139. The normalized spacial score (nSPS) is 19.3.